The number of benzene rings is 3. The molecule has 5 nitrogen and oxygen atoms in total. The molecule has 0 aliphatic heterocycles. The molecule has 0 bridgehead atoms. The third-order valence-corrected chi connectivity index (χ3v) is 6.38. The normalized spacial score (nSPS) is 11.2. The Morgan fingerprint density at radius 2 is 1.79 bits per heavy atom. The first-order chi connectivity index (χ1) is 16.2. The number of para-hydroxylation sites is 2. The van der Waals surface area contributed by atoms with Crippen molar-refractivity contribution >= 4 is 28.5 Å². The number of aromatic amines is 1. The van der Waals surface area contributed by atoms with E-state index in [-0.39, 0.29) is 5.82 Å². The highest BCUT2D eigenvalue weighted by molar-refractivity contribution is 7.99. The first-order valence-electron chi connectivity index (χ1n) is 10.9. The van der Waals surface area contributed by atoms with Gasteiger partial charge in [-0.05, 0) is 55.5 Å². The van der Waals surface area contributed by atoms with Gasteiger partial charge in [0.1, 0.15) is 11.6 Å². The third kappa shape index (κ3) is 4.93. The van der Waals surface area contributed by atoms with E-state index in [1.807, 2.05) is 30.5 Å². The first kappa shape index (κ1) is 21.3. The van der Waals surface area contributed by atoms with Crippen LogP contribution in [0, 0.1) is 12.7 Å². The number of rotatable bonds is 8. The molecule has 0 amide bonds. The monoisotopic (exact) mass is 457 g/mol. The lowest BCUT2D eigenvalue weighted by Crippen LogP contribution is -2.07. The van der Waals surface area contributed by atoms with Crippen molar-refractivity contribution in [2.45, 2.75) is 25.0 Å². The Morgan fingerprint density at radius 1 is 1.00 bits per heavy atom. The van der Waals surface area contributed by atoms with Gasteiger partial charge >= 0.3 is 0 Å². The smallest absolute Gasteiger partial charge is 0.172 e. The number of hydrogen-bond acceptors (Lipinski definition) is 4. The van der Waals surface area contributed by atoms with Gasteiger partial charge in [0.25, 0.3) is 0 Å². The summed E-state index contributed by atoms with van der Waals surface area (Å²) in [7, 11) is 0. The highest BCUT2D eigenvalue weighted by Crippen LogP contribution is 2.25. The zero-order valence-corrected chi connectivity index (χ0v) is 19.1. The van der Waals surface area contributed by atoms with Crippen LogP contribution in [-0.4, -0.2) is 25.3 Å². The Balaban J connectivity index is 1.34. The predicted molar refractivity (Wildman–Crippen MR) is 133 cm³/mol. The van der Waals surface area contributed by atoms with Crippen LogP contribution in [0.2, 0.25) is 0 Å². The Labute approximate surface area is 196 Å². The van der Waals surface area contributed by atoms with Gasteiger partial charge in [-0.15, -0.1) is 0 Å². The topological polar surface area (TPSA) is 58.5 Å². The second-order valence-corrected chi connectivity index (χ2v) is 8.92. The molecule has 0 aliphatic rings. The fourth-order valence-electron chi connectivity index (χ4n) is 3.69. The molecule has 33 heavy (non-hydrogen) atoms. The number of halogens is 1. The highest BCUT2D eigenvalue weighted by Gasteiger charge is 2.13. The molecule has 0 saturated heterocycles. The maximum atomic E-state index is 13.2. The molecule has 3 aromatic carbocycles. The summed E-state index contributed by atoms with van der Waals surface area (Å²) < 4.78 is 15.4. The van der Waals surface area contributed by atoms with Crippen LogP contribution in [-0.2, 0) is 13.0 Å². The molecule has 2 heterocycles. The van der Waals surface area contributed by atoms with Gasteiger partial charge in [-0.25, -0.2) is 14.4 Å². The minimum absolute atomic E-state index is 0.242. The van der Waals surface area contributed by atoms with E-state index in [2.05, 4.69) is 51.0 Å². The Kier molecular flexibility index (Phi) is 6.13. The average molecular weight is 458 g/mol. The van der Waals surface area contributed by atoms with Crippen molar-refractivity contribution in [2.75, 3.05) is 11.1 Å². The molecule has 0 unspecified atom stereocenters. The molecule has 5 rings (SSSR count). The zero-order valence-electron chi connectivity index (χ0n) is 18.3. The molecule has 166 valence electrons. The van der Waals surface area contributed by atoms with Crippen LogP contribution in [0.15, 0.2) is 84.1 Å². The molecule has 0 atom stereocenters. The van der Waals surface area contributed by atoms with Crippen LogP contribution in [0.25, 0.3) is 16.7 Å². The summed E-state index contributed by atoms with van der Waals surface area (Å²) in [5, 5.41) is 4.30. The Bertz CT molecular complexity index is 1320. The van der Waals surface area contributed by atoms with Crippen LogP contribution < -0.4 is 5.32 Å². The SMILES string of the molecule is Cc1ccc(-n2c(CNc3ccc(F)cc3)cnc2SCCc2nc3ccccc3[nH]2)cc1. The summed E-state index contributed by atoms with van der Waals surface area (Å²) in [4.78, 5) is 12.8. The second-order valence-electron chi connectivity index (χ2n) is 7.86. The van der Waals surface area contributed by atoms with E-state index in [9.17, 15) is 4.39 Å². The van der Waals surface area contributed by atoms with Gasteiger partial charge in [-0.3, -0.25) is 4.57 Å². The summed E-state index contributed by atoms with van der Waals surface area (Å²) in [6.07, 6.45) is 2.73. The summed E-state index contributed by atoms with van der Waals surface area (Å²) in [6, 6.07) is 22.9. The van der Waals surface area contributed by atoms with Crippen LogP contribution >= 0.6 is 11.8 Å². The minimum atomic E-state index is -0.242. The van der Waals surface area contributed by atoms with Crippen LogP contribution in [0.4, 0.5) is 10.1 Å². The fraction of sp³-hybridized carbons (Fsp3) is 0.154. The lowest BCUT2D eigenvalue weighted by molar-refractivity contribution is 0.628. The molecular weight excluding hydrogens is 433 g/mol. The quantitative estimate of drug-likeness (QED) is 0.275. The maximum absolute atomic E-state index is 13.2. The Morgan fingerprint density at radius 3 is 2.58 bits per heavy atom. The molecule has 5 aromatic rings. The predicted octanol–water partition coefficient (Wildman–Crippen LogP) is 6.14. The van der Waals surface area contributed by atoms with Crippen molar-refractivity contribution in [3.8, 4) is 5.69 Å². The van der Waals surface area contributed by atoms with E-state index >= 15 is 0 Å². The average Bonchev–Trinajstić information content (AvgIpc) is 3.43. The van der Waals surface area contributed by atoms with E-state index in [4.69, 9.17) is 4.98 Å². The van der Waals surface area contributed by atoms with E-state index in [0.717, 1.165) is 51.3 Å². The number of thioether (sulfide) groups is 1. The van der Waals surface area contributed by atoms with Crippen LogP contribution in [0.1, 0.15) is 17.1 Å². The molecule has 2 aromatic heterocycles. The highest BCUT2D eigenvalue weighted by atomic mass is 32.2. The zero-order chi connectivity index (χ0) is 22.6. The largest absolute Gasteiger partial charge is 0.379 e. The van der Waals surface area contributed by atoms with Crippen molar-refractivity contribution in [3.63, 3.8) is 0 Å². The number of nitrogens with one attached hydrogen (secondary N) is 2. The van der Waals surface area contributed by atoms with Crippen molar-refractivity contribution in [2.24, 2.45) is 0 Å². The number of imidazole rings is 2. The van der Waals surface area contributed by atoms with Gasteiger partial charge < -0.3 is 10.3 Å². The number of aryl methyl sites for hydroxylation is 2. The lowest BCUT2D eigenvalue weighted by atomic mass is 10.2. The van der Waals surface area contributed by atoms with E-state index < -0.39 is 0 Å². The van der Waals surface area contributed by atoms with Crippen LogP contribution in [0.3, 0.4) is 0 Å². The van der Waals surface area contributed by atoms with Crippen molar-refractivity contribution < 1.29 is 4.39 Å². The fourth-order valence-corrected chi connectivity index (χ4v) is 4.65. The molecule has 0 fully saturated rings. The number of aromatic nitrogens is 4. The maximum Gasteiger partial charge on any atom is 0.172 e. The molecule has 0 saturated carbocycles. The van der Waals surface area contributed by atoms with E-state index in [0.29, 0.717) is 6.54 Å². The third-order valence-electron chi connectivity index (χ3n) is 5.42. The van der Waals surface area contributed by atoms with Crippen LogP contribution in [0.5, 0.6) is 0 Å². The van der Waals surface area contributed by atoms with Gasteiger partial charge in [-0.2, -0.15) is 0 Å². The number of fused-ring (bicyclic) bond motifs is 1. The number of hydrogen-bond donors (Lipinski definition) is 2. The molecule has 2 N–H and O–H groups in total. The van der Waals surface area contributed by atoms with Gasteiger partial charge in [0.2, 0.25) is 0 Å². The molecular formula is C26H24FN5S. The summed E-state index contributed by atoms with van der Waals surface area (Å²) in [5.74, 6) is 1.59. The first-order valence-corrected chi connectivity index (χ1v) is 11.8. The molecule has 7 heteroatoms. The standard InChI is InChI=1S/C26H24FN5S/c1-18-6-12-21(13-7-18)32-22(16-28-20-10-8-19(27)9-11-20)17-29-26(32)33-15-14-25-30-23-4-2-3-5-24(23)31-25/h2-13,17,28H,14-16H2,1H3,(H,30,31). The number of nitrogens with zero attached hydrogens (tertiary/aromatic N) is 3. The second kappa shape index (κ2) is 9.50. The molecule has 0 spiro atoms. The summed E-state index contributed by atoms with van der Waals surface area (Å²) in [6.45, 7) is 2.66. The van der Waals surface area contributed by atoms with Gasteiger partial charge in [0.15, 0.2) is 5.16 Å². The lowest BCUT2D eigenvalue weighted by Gasteiger charge is -2.13. The molecule has 0 aliphatic carbocycles. The minimum Gasteiger partial charge on any atom is -0.379 e. The summed E-state index contributed by atoms with van der Waals surface area (Å²) >= 11 is 1.71. The molecule has 0 radical (unpaired) electrons. The van der Waals surface area contributed by atoms with E-state index in [1.54, 1.807) is 23.9 Å². The Hall–Kier alpha value is -3.58. The number of anilines is 1. The van der Waals surface area contributed by atoms with Crippen molar-refractivity contribution in [1.29, 1.82) is 0 Å². The summed E-state index contributed by atoms with van der Waals surface area (Å²) in [5.41, 5.74) is 6.24. The van der Waals surface area contributed by atoms with E-state index in [1.165, 1.54) is 17.7 Å². The van der Waals surface area contributed by atoms with Gasteiger partial charge in [0, 0.05) is 23.5 Å². The van der Waals surface area contributed by atoms with Crippen molar-refractivity contribution in [3.05, 3.63) is 102 Å². The number of H-pyrrole nitrogens is 1. The van der Waals surface area contributed by atoms with Gasteiger partial charge in [-0.1, -0.05) is 41.6 Å². The van der Waals surface area contributed by atoms with Gasteiger partial charge in [0.05, 0.1) is 29.5 Å². The van der Waals surface area contributed by atoms with Crippen molar-refractivity contribution in [1.82, 2.24) is 19.5 Å².